The fraction of sp³-hybridized carbons (Fsp3) is 0. The molecule has 0 aromatic rings. The third kappa shape index (κ3) is 0.623. The van der Waals surface area contributed by atoms with Crippen molar-refractivity contribution in [2.75, 3.05) is 5.73 Å². The van der Waals surface area contributed by atoms with Crippen LogP contribution in [0.5, 0.6) is 0 Å². The van der Waals surface area contributed by atoms with E-state index in [-0.39, 0.29) is 0 Å². The number of nitrogens with two attached hydrogens (primary N) is 1. The Kier molecular flexibility index (Phi) is 1.01. The highest BCUT2D eigenvalue weighted by atomic mass is 32.1. The largest absolute Gasteiger partial charge is 0.381 e. The van der Waals surface area contributed by atoms with Crippen LogP contribution >= 0.6 is 11.7 Å². The average Bonchev–Trinajstić information content (AvgIpc) is 2.36. The Morgan fingerprint density at radius 1 is 1.30 bits per heavy atom. The zero-order chi connectivity index (χ0) is 6.97. The van der Waals surface area contributed by atoms with Crippen LogP contribution in [-0.2, 0) is 0 Å². The minimum absolute atomic E-state index is 0.396. The van der Waals surface area contributed by atoms with Crippen LogP contribution in [0.25, 0.3) is 11.5 Å². The molecule has 0 spiro atoms. The first-order valence-corrected chi connectivity index (χ1v) is 3.29. The van der Waals surface area contributed by atoms with Gasteiger partial charge in [0.2, 0.25) is 0 Å². The maximum Gasteiger partial charge on any atom is 0.197 e. The number of aromatic nitrogens is 4. The van der Waals surface area contributed by atoms with Gasteiger partial charge >= 0.3 is 0 Å². The standard InChI is InChI=1S/C4H3N5S/c5-3-2-4(7-1-6-2)9-10-8-3/h1H,(H2,5,8). The van der Waals surface area contributed by atoms with E-state index in [2.05, 4.69) is 18.7 Å². The van der Waals surface area contributed by atoms with Crippen molar-refractivity contribution in [3.63, 3.8) is 0 Å². The van der Waals surface area contributed by atoms with Crippen molar-refractivity contribution in [3.8, 4) is 11.5 Å². The summed E-state index contributed by atoms with van der Waals surface area (Å²) in [7, 11) is 0. The molecule has 0 bridgehead atoms. The molecule has 2 rings (SSSR count). The summed E-state index contributed by atoms with van der Waals surface area (Å²) in [6, 6.07) is 0. The van der Waals surface area contributed by atoms with Crippen LogP contribution in [-0.4, -0.2) is 18.7 Å². The fourth-order valence-electron chi connectivity index (χ4n) is 0.654. The first kappa shape index (κ1) is 5.48. The third-order valence-electron chi connectivity index (χ3n) is 1.09. The quantitative estimate of drug-likeness (QED) is 0.577. The number of anilines is 1. The van der Waals surface area contributed by atoms with Crippen LogP contribution in [0.4, 0.5) is 5.82 Å². The first-order valence-electron chi connectivity index (χ1n) is 2.56. The molecule has 0 saturated heterocycles. The van der Waals surface area contributed by atoms with E-state index in [0.29, 0.717) is 17.3 Å². The molecule has 0 saturated carbocycles. The summed E-state index contributed by atoms with van der Waals surface area (Å²) >= 11 is 1.04. The van der Waals surface area contributed by atoms with E-state index < -0.39 is 0 Å². The monoisotopic (exact) mass is 153 g/mol. The number of imidazole rings is 1. The molecular formula is C4H3N5S. The molecule has 2 N–H and O–H groups in total. The molecule has 5 nitrogen and oxygen atoms in total. The molecule has 2 aliphatic heterocycles. The summed E-state index contributed by atoms with van der Waals surface area (Å²) in [5, 5.41) is 0. The normalized spacial score (nSPS) is 10.4. The topological polar surface area (TPSA) is 77.6 Å². The minimum Gasteiger partial charge on any atom is -0.381 e. The molecule has 2 aliphatic rings. The van der Waals surface area contributed by atoms with Gasteiger partial charge in [0, 0.05) is 0 Å². The molecule has 0 aliphatic carbocycles. The fourth-order valence-corrected chi connectivity index (χ4v) is 1.08. The number of hydrogen-bond acceptors (Lipinski definition) is 6. The number of nitrogen functional groups attached to an aromatic ring is 1. The SMILES string of the molecule is Nc1nsnc2ncnc1-2. The average molecular weight is 153 g/mol. The van der Waals surface area contributed by atoms with Crippen molar-refractivity contribution in [3.05, 3.63) is 6.33 Å². The van der Waals surface area contributed by atoms with Crippen molar-refractivity contribution in [1.29, 1.82) is 0 Å². The Morgan fingerprint density at radius 3 is 3.00 bits per heavy atom. The molecule has 0 radical (unpaired) electrons. The summed E-state index contributed by atoms with van der Waals surface area (Å²) < 4.78 is 7.66. The molecule has 0 fully saturated rings. The summed E-state index contributed by atoms with van der Waals surface area (Å²) in [5.74, 6) is 0.963. The maximum atomic E-state index is 5.46. The summed E-state index contributed by atoms with van der Waals surface area (Å²) in [6.07, 6.45) is 1.42. The lowest BCUT2D eigenvalue weighted by Crippen LogP contribution is -1.94. The van der Waals surface area contributed by atoms with Gasteiger partial charge in [-0.3, -0.25) is 0 Å². The van der Waals surface area contributed by atoms with Gasteiger partial charge in [-0.2, -0.15) is 8.75 Å². The van der Waals surface area contributed by atoms with Gasteiger partial charge < -0.3 is 5.73 Å². The summed E-state index contributed by atoms with van der Waals surface area (Å²) in [6.45, 7) is 0. The van der Waals surface area contributed by atoms with E-state index in [1.54, 1.807) is 0 Å². The van der Waals surface area contributed by atoms with Gasteiger partial charge in [-0.05, 0) is 0 Å². The Hall–Kier alpha value is -1.30. The van der Waals surface area contributed by atoms with Crippen molar-refractivity contribution in [1.82, 2.24) is 18.7 Å². The van der Waals surface area contributed by atoms with Gasteiger partial charge in [0.05, 0.1) is 11.7 Å². The first-order chi connectivity index (χ1) is 4.88. The van der Waals surface area contributed by atoms with Gasteiger partial charge in [0.25, 0.3) is 0 Å². The molecule has 10 heavy (non-hydrogen) atoms. The number of rotatable bonds is 0. The van der Waals surface area contributed by atoms with E-state index in [1.807, 2.05) is 0 Å². The lowest BCUT2D eigenvalue weighted by atomic mass is 10.4. The highest BCUT2D eigenvalue weighted by molar-refractivity contribution is 6.99. The van der Waals surface area contributed by atoms with E-state index in [1.165, 1.54) is 6.33 Å². The number of fused-ring (bicyclic) bond motifs is 1. The van der Waals surface area contributed by atoms with Crippen molar-refractivity contribution in [2.45, 2.75) is 0 Å². The van der Waals surface area contributed by atoms with Crippen LogP contribution < -0.4 is 5.73 Å². The Bertz CT molecular complexity index is 318. The zero-order valence-corrected chi connectivity index (χ0v) is 5.67. The smallest absolute Gasteiger partial charge is 0.197 e. The predicted octanol–water partition coefficient (Wildman–Crippen LogP) is 0.0151. The Morgan fingerprint density at radius 2 is 2.20 bits per heavy atom. The maximum absolute atomic E-state index is 5.46. The van der Waals surface area contributed by atoms with E-state index in [9.17, 15) is 0 Å². The molecule has 2 heterocycles. The number of hydrogen-bond donors (Lipinski definition) is 1. The van der Waals surface area contributed by atoms with Gasteiger partial charge in [-0.25, -0.2) is 9.97 Å². The molecule has 0 aromatic heterocycles. The third-order valence-corrected chi connectivity index (χ3v) is 1.62. The van der Waals surface area contributed by atoms with Crippen molar-refractivity contribution in [2.24, 2.45) is 0 Å². The van der Waals surface area contributed by atoms with E-state index >= 15 is 0 Å². The highest BCUT2D eigenvalue weighted by Gasteiger charge is 2.10. The van der Waals surface area contributed by atoms with E-state index in [0.717, 1.165) is 11.7 Å². The Balaban J connectivity index is 2.80. The second-order valence-corrected chi connectivity index (χ2v) is 2.22. The van der Waals surface area contributed by atoms with E-state index in [4.69, 9.17) is 5.73 Å². The molecule has 0 atom stereocenters. The molecule has 50 valence electrons. The van der Waals surface area contributed by atoms with Crippen molar-refractivity contribution < 1.29 is 0 Å². The summed E-state index contributed by atoms with van der Waals surface area (Å²) in [4.78, 5) is 7.71. The molecular weight excluding hydrogens is 150 g/mol. The van der Waals surface area contributed by atoms with Gasteiger partial charge in [0.1, 0.15) is 6.33 Å². The molecule has 0 unspecified atom stereocenters. The van der Waals surface area contributed by atoms with Gasteiger partial charge in [-0.1, -0.05) is 0 Å². The second-order valence-electron chi connectivity index (χ2n) is 1.70. The van der Waals surface area contributed by atoms with Crippen LogP contribution in [0.1, 0.15) is 0 Å². The highest BCUT2D eigenvalue weighted by Crippen LogP contribution is 2.18. The van der Waals surface area contributed by atoms with Crippen LogP contribution in [0.15, 0.2) is 6.33 Å². The Labute approximate surface area is 60.6 Å². The lowest BCUT2D eigenvalue weighted by Gasteiger charge is -1.92. The number of nitrogens with zero attached hydrogens (tertiary/aromatic N) is 4. The predicted molar refractivity (Wildman–Crippen MR) is 36.5 cm³/mol. The van der Waals surface area contributed by atoms with Crippen LogP contribution in [0, 0.1) is 0 Å². The summed E-state index contributed by atoms with van der Waals surface area (Å²) in [5.41, 5.74) is 6.04. The van der Waals surface area contributed by atoms with Crippen LogP contribution in [0.3, 0.4) is 0 Å². The van der Waals surface area contributed by atoms with Crippen LogP contribution in [0.2, 0.25) is 0 Å². The molecule has 0 aromatic carbocycles. The van der Waals surface area contributed by atoms with Gasteiger partial charge in [0.15, 0.2) is 17.3 Å². The minimum atomic E-state index is 0.396. The lowest BCUT2D eigenvalue weighted by molar-refractivity contribution is 1.30. The zero-order valence-electron chi connectivity index (χ0n) is 4.85. The molecule has 6 heteroatoms. The van der Waals surface area contributed by atoms with Crippen molar-refractivity contribution >= 4 is 17.5 Å². The second kappa shape index (κ2) is 1.84. The molecule has 0 amide bonds. The van der Waals surface area contributed by atoms with Gasteiger partial charge in [-0.15, -0.1) is 0 Å².